The summed E-state index contributed by atoms with van der Waals surface area (Å²) >= 11 is 1.68. The molecule has 124 valence electrons. The van der Waals surface area contributed by atoms with Gasteiger partial charge in [-0.15, -0.1) is 23.7 Å². The second-order valence-corrected chi connectivity index (χ2v) is 7.93. The van der Waals surface area contributed by atoms with E-state index in [0.29, 0.717) is 5.92 Å². The fourth-order valence-electron chi connectivity index (χ4n) is 4.37. The molecule has 0 atom stereocenters. The van der Waals surface area contributed by atoms with Crippen LogP contribution in [0.1, 0.15) is 31.2 Å². The zero-order chi connectivity index (χ0) is 15.3. The lowest BCUT2D eigenvalue weighted by Crippen LogP contribution is -2.31. The first-order valence-electron chi connectivity index (χ1n) is 8.18. The van der Waals surface area contributed by atoms with E-state index in [2.05, 4.69) is 24.4 Å². The molecule has 0 radical (unpaired) electrons. The van der Waals surface area contributed by atoms with Crippen LogP contribution in [0.25, 0.3) is 15.7 Å². The van der Waals surface area contributed by atoms with Crippen molar-refractivity contribution in [3.8, 4) is 0 Å². The Hall–Kier alpha value is -0.900. The van der Waals surface area contributed by atoms with Crippen LogP contribution in [0.4, 0.5) is 4.39 Å². The summed E-state index contributed by atoms with van der Waals surface area (Å²) in [6, 6.07) is 5.25. The molecule has 0 spiro atoms. The van der Waals surface area contributed by atoms with E-state index in [-0.39, 0.29) is 18.2 Å². The molecule has 4 heteroatoms. The van der Waals surface area contributed by atoms with Gasteiger partial charge in [-0.1, -0.05) is 6.07 Å². The van der Waals surface area contributed by atoms with Crippen LogP contribution in [-0.4, -0.2) is 25.5 Å². The van der Waals surface area contributed by atoms with E-state index < -0.39 is 0 Å². The van der Waals surface area contributed by atoms with Gasteiger partial charge in [0.15, 0.2) is 0 Å². The first-order chi connectivity index (χ1) is 10.6. The molecule has 3 aliphatic carbocycles. The van der Waals surface area contributed by atoms with E-state index in [4.69, 9.17) is 0 Å². The lowest BCUT2D eigenvalue weighted by Gasteiger charge is -2.41. The van der Waals surface area contributed by atoms with Crippen molar-refractivity contribution in [1.29, 1.82) is 0 Å². The van der Waals surface area contributed by atoms with Gasteiger partial charge in [-0.05, 0) is 85.8 Å². The van der Waals surface area contributed by atoms with Gasteiger partial charge in [-0.2, -0.15) is 0 Å². The molecule has 1 fully saturated rings. The number of hydrogen-bond donors (Lipinski definition) is 0. The topological polar surface area (TPSA) is 3.24 Å². The number of hydrogen-bond acceptors (Lipinski definition) is 2. The monoisotopic (exact) mass is 351 g/mol. The minimum Gasteiger partial charge on any atom is -0.305 e. The van der Waals surface area contributed by atoms with Crippen molar-refractivity contribution < 1.29 is 4.39 Å². The zero-order valence-corrected chi connectivity index (χ0v) is 15.3. The number of allylic oxidation sites excluding steroid dienone is 1. The van der Waals surface area contributed by atoms with E-state index >= 15 is 0 Å². The molecule has 1 nitrogen and oxygen atoms in total. The highest BCUT2D eigenvalue weighted by Crippen LogP contribution is 2.51. The van der Waals surface area contributed by atoms with Crippen LogP contribution >= 0.6 is 23.7 Å². The minimum atomic E-state index is -0.131. The normalized spacial score (nSPS) is 23.7. The lowest BCUT2D eigenvalue weighted by atomic mass is 9.65. The van der Waals surface area contributed by atoms with Gasteiger partial charge in [0.05, 0.1) is 0 Å². The highest BCUT2D eigenvalue weighted by atomic mass is 35.5. The largest absolute Gasteiger partial charge is 0.305 e. The minimum absolute atomic E-state index is 0. The Bertz CT molecular complexity index is 741. The third-order valence-electron chi connectivity index (χ3n) is 5.29. The van der Waals surface area contributed by atoms with Crippen LogP contribution in [0.15, 0.2) is 29.2 Å². The van der Waals surface area contributed by atoms with E-state index in [1.807, 2.05) is 6.07 Å². The fraction of sp³-hybridized carbons (Fsp3) is 0.474. The summed E-state index contributed by atoms with van der Waals surface area (Å²) in [5.41, 5.74) is 4.62. The van der Waals surface area contributed by atoms with Gasteiger partial charge in [0.2, 0.25) is 0 Å². The highest BCUT2D eigenvalue weighted by Gasteiger charge is 2.36. The Balaban J connectivity index is 0.00000156. The van der Waals surface area contributed by atoms with Crippen LogP contribution in [-0.2, 0) is 0 Å². The maximum Gasteiger partial charge on any atom is 0.124 e. The molecule has 0 amide bonds. The van der Waals surface area contributed by atoms with Crippen molar-refractivity contribution in [3.63, 3.8) is 0 Å². The molecule has 3 aliphatic rings. The number of thiophene rings is 1. The van der Waals surface area contributed by atoms with Crippen LogP contribution in [0.3, 0.4) is 0 Å². The number of fused-ring (bicyclic) bond motifs is 3. The summed E-state index contributed by atoms with van der Waals surface area (Å²) in [7, 11) is 4.32. The molecular formula is C19H23ClFNS. The van der Waals surface area contributed by atoms with Crippen molar-refractivity contribution in [1.82, 2.24) is 4.90 Å². The van der Waals surface area contributed by atoms with Crippen LogP contribution < -0.4 is 0 Å². The second kappa shape index (κ2) is 6.54. The summed E-state index contributed by atoms with van der Waals surface area (Å²) in [4.78, 5) is 2.30. The molecule has 0 aliphatic heterocycles. The molecule has 2 aromatic rings. The highest BCUT2D eigenvalue weighted by molar-refractivity contribution is 7.17. The van der Waals surface area contributed by atoms with Crippen LogP contribution in [0.5, 0.6) is 0 Å². The first kappa shape index (κ1) is 16.9. The standard InChI is InChI=1S/C19H22FNS.ClH/c1-21(2)10-16-12-3-5-13(6-4-12)19(16)17-11-22-18-9-14(20)7-8-15(17)18;/h7-9,11-13H,3-6,10H2,1-2H3;1H. The SMILES string of the molecule is CN(C)CC1=C(c2csc3cc(F)ccc23)C2CCC1CC2.Cl. The zero-order valence-electron chi connectivity index (χ0n) is 13.6. The van der Waals surface area contributed by atoms with Gasteiger partial charge in [0, 0.05) is 16.6 Å². The predicted molar refractivity (Wildman–Crippen MR) is 100.0 cm³/mol. The van der Waals surface area contributed by atoms with E-state index in [9.17, 15) is 4.39 Å². The second-order valence-electron chi connectivity index (χ2n) is 7.02. The molecule has 0 unspecified atom stereocenters. The lowest BCUT2D eigenvalue weighted by molar-refractivity contribution is 0.300. The third kappa shape index (κ3) is 2.95. The molecule has 0 saturated heterocycles. The van der Waals surface area contributed by atoms with Gasteiger partial charge in [0.25, 0.3) is 0 Å². The number of benzene rings is 1. The number of halogens is 2. The average molecular weight is 352 g/mol. The Morgan fingerprint density at radius 2 is 1.83 bits per heavy atom. The smallest absolute Gasteiger partial charge is 0.124 e. The van der Waals surface area contributed by atoms with Crippen molar-refractivity contribution in [2.24, 2.45) is 11.8 Å². The van der Waals surface area contributed by atoms with E-state index in [1.165, 1.54) is 36.6 Å². The van der Waals surface area contributed by atoms with Gasteiger partial charge >= 0.3 is 0 Å². The Morgan fingerprint density at radius 1 is 1.13 bits per heavy atom. The Kier molecular flexibility index (Phi) is 4.82. The molecule has 1 saturated carbocycles. The predicted octanol–water partition coefficient (Wildman–Crippen LogP) is 5.60. The van der Waals surface area contributed by atoms with Crippen LogP contribution in [0, 0.1) is 17.7 Å². The van der Waals surface area contributed by atoms with Crippen molar-refractivity contribution in [2.45, 2.75) is 25.7 Å². The molecular weight excluding hydrogens is 329 g/mol. The van der Waals surface area contributed by atoms with E-state index in [0.717, 1.165) is 17.2 Å². The fourth-order valence-corrected chi connectivity index (χ4v) is 5.36. The Morgan fingerprint density at radius 3 is 2.52 bits per heavy atom. The molecule has 0 N–H and O–H groups in total. The molecule has 5 rings (SSSR count). The Labute approximate surface area is 147 Å². The summed E-state index contributed by atoms with van der Waals surface area (Å²) in [6.07, 6.45) is 5.37. The molecule has 2 bridgehead atoms. The summed E-state index contributed by atoms with van der Waals surface area (Å²) < 4.78 is 14.6. The van der Waals surface area contributed by atoms with Gasteiger partial charge in [-0.25, -0.2) is 4.39 Å². The van der Waals surface area contributed by atoms with Gasteiger partial charge in [-0.3, -0.25) is 0 Å². The average Bonchev–Trinajstić information content (AvgIpc) is 2.90. The maximum atomic E-state index is 13.5. The van der Waals surface area contributed by atoms with Crippen molar-refractivity contribution in [3.05, 3.63) is 40.5 Å². The van der Waals surface area contributed by atoms with Gasteiger partial charge in [0.1, 0.15) is 5.82 Å². The van der Waals surface area contributed by atoms with Crippen LogP contribution in [0.2, 0.25) is 0 Å². The quantitative estimate of drug-likeness (QED) is 0.696. The summed E-state index contributed by atoms with van der Waals surface area (Å²) in [5.74, 6) is 1.34. The summed E-state index contributed by atoms with van der Waals surface area (Å²) in [6.45, 7) is 1.06. The number of likely N-dealkylation sites (N-methyl/N-ethyl adjacent to an activating group) is 1. The molecule has 1 heterocycles. The number of rotatable bonds is 3. The van der Waals surface area contributed by atoms with Crippen molar-refractivity contribution >= 4 is 39.4 Å². The number of nitrogens with zero attached hydrogens (tertiary/aromatic N) is 1. The van der Waals surface area contributed by atoms with E-state index in [1.54, 1.807) is 34.6 Å². The molecule has 1 aromatic heterocycles. The summed E-state index contributed by atoms with van der Waals surface area (Å²) in [5, 5.41) is 3.50. The first-order valence-corrected chi connectivity index (χ1v) is 9.06. The van der Waals surface area contributed by atoms with Crippen molar-refractivity contribution in [2.75, 3.05) is 20.6 Å². The molecule has 1 aromatic carbocycles. The van der Waals surface area contributed by atoms with Gasteiger partial charge < -0.3 is 4.90 Å². The maximum absolute atomic E-state index is 13.5. The molecule has 23 heavy (non-hydrogen) atoms. The third-order valence-corrected chi connectivity index (χ3v) is 6.23.